The number of likely N-dealkylation sites (tertiary alicyclic amines) is 1. The zero-order chi connectivity index (χ0) is 14.0. The summed E-state index contributed by atoms with van der Waals surface area (Å²) < 4.78 is 19.3. The van der Waals surface area contributed by atoms with Gasteiger partial charge in [-0.15, -0.1) is 0 Å². The first kappa shape index (κ1) is 14.3. The van der Waals surface area contributed by atoms with Crippen molar-refractivity contribution in [3.63, 3.8) is 0 Å². The van der Waals surface area contributed by atoms with E-state index in [1.54, 1.807) is 14.0 Å². The summed E-state index contributed by atoms with van der Waals surface area (Å²) in [7, 11) is 3.71. The molecule has 1 heterocycles. The molecule has 0 spiro atoms. The fourth-order valence-corrected chi connectivity index (χ4v) is 3.06. The first-order valence-electron chi connectivity index (χ1n) is 6.79. The van der Waals surface area contributed by atoms with Crippen LogP contribution in [0.5, 0.6) is 5.75 Å². The molecule has 1 aromatic rings. The average Bonchev–Trinajstić information content (AvgIpc) is 2.78. The number of hydrogen-bond acceptors (Lipinski definition) is 3. The van der Waals surface area contributed by atoms with Crippen LogP contribution in [0.1, 0.15) is 36.7 Å². The Morgan fingerprint density at radius 2 is 2.26 bits per heavy atom. The van der Waals surface area contributed by atoms with Crippen LogP contribution >= 0.6 is 0 Å². The van der Waals surface area contributed by atoms with Crippen LogP contribution in [0.2, 0.25) is 0 Å². The van der Waals surface area contributed by atoms with Gasteiger partial charge in [-0.1, -0.05) is 12.1 Å². The Labute approximate surface area is 114 Å². The maximum absolute atomic E-state index is 13.9. The predicted molar refractivity (Wildman–Crippen MR) is 75.0 cm³/mol. The molecule has 3 atom stereocenters. The van der Waals surface area contributed by atoms with E-state index < -0.39 is 6.17 Å². The van der Waals surface area contributed by atoms with Gasteiger partial charge in [0.05, 0.1) is 7.11 Å². The predicted octanol–water partition coefficient (Wildman–Crippen LogP) is 2.68. The van der Waals surface area contributed by atoms with E-state index in [0.717, 1.165) is 29.8 Å². The SMILES string of the molecule is COc1cccc(C(C)F)c1C1CC(CN)CN1C. The molecular weight excluding hydrogens is 243 g/mol. The zero-order valence-corrected chi connectivity index (χ0v) is 11.9. The number of methoxy groups -OCH3 is 1. The van der Waals surface area contributed by atoms with Gasteiger partial charge >= 0.3 is 0 Å². The molecule has 0 aliphatic carbocycles. The number of nitrogens with two attached hydrogens (primary N) is 1. The van der Waals surface area contributed by atoms with Gasteiger partial charge < -0.3 is 10.5 Å². The van der Waals surface area contributed by atoms with Crippen LogP contribution in [0, 0.1) is 5.92 Å². The van der Waals surface area contributed by atoms with E-state index in [-0.39, 0.29) is 6.04 Å². The molecule has 1 fully saturated rings. The average molecular weight is 266 g/mol. The lowest BCUT2D eigenvalue weighted by molar-refractivity contribution is 0.293. The van der Waals surface area contributed by atoms with Gasteiger partial charge in [0.25, 0.3) is 0 Å². The molecule has 2 rings (SSSR count). The molecule has 1 aromatic carbocycles. The number of nitrogens with zero attached hydrogens (tertiary/aromatic N) is 1. The standard InChI is InChI=1S/C15H23FN2O/c1-10(16)12-5-4-6-14(19-3)15(12)13-7-11(8-17)9-18(13)2/h4-6,10-11,13H,7-9,17H2,1-3H3. The van der Waals surface area contributed by atoms with Gasteiger partial charge in [-0.3, -0.25) is 4.90 Å². The van der Waals surface area contributed by atoms with Crippen LogP contribution < -0.4 is 10.5 Å². The largest absolute Gasteiger partial charge is 0.496 e. The van der Waals surface area contributed by atoms with E-state index >= 15 is 0 Å². The maximum atomic E-state index is 13.9. The van der Waals surface area contributed by atoms with Crippen molar-refractivity contribution in [2.24, 2.45) is 11.7 Å². The lowest BCUT2D eigenvalue weighted by Crippen LogP contribution is -2.21. The molecule has 0 aromatic heterocycles. The van der Waals surface area contributed by atoms with Gasteiger partial charge in [-0.05, 0) is 44.5 Å². The van der Waals surface area contributed by atoms with Crippen molar-refractivity contribution in [1.29, 1.82) is 0 Å². The van der Waals surface area contributed by atoms with E-state index in [2.05, 4.69) is 11.9 Å². The summed E-state index contributed by atoms with van der Waals surface area (Å²) in [5.41, 5.74) is 7.49. The summed E-state index contributed by atoms with van der Waals surface area (Å²) in [6.07, 6.45) is -0.0250. The molecule has 1 aliphatic heterocycles. The highest BCUT2D eigenvalue weighted by Crippen LogP contribution is 2.42. The van der Waals surface area contributed by atoms with Gasteiger partial charge in [-0.2, -0.15) is 0 Å². The molecule has 1 saturated heterocycles. The highest BCUT2D eigenvalue weighted by Gasteiger charge is 2.33. The fourth-order valence-electron chi connectivity index (χ4n) is 3.06. The Kier molecular flexibility index (Phi) is 4.42. The molecule has 2 N–H and O–H groups in total. The van der Waals surface area contributed by atoms with Crippen LogP contribution in [-0.2, 0) is 0 Å². The van der Waals surface area contributed by atoms with E-state index in [9.17, 15) is 4.39 Å². The Hall–Kier alpha value is -1.13. The van der Waals surface area contributed by atoms with Crippen molar-refractivity contribution in [3.05, 3.63) is 29.3 Å². The lowest BCUT2D eigenvalue weighted by atomic mass is 9.93. The second kappa shape index (κ2) is 5.88. The zero-order valence-electron chi connectivity index (χ0n) is 11.9. The first-order valence-corrected chi connectivity index (χ1v) is 6.79. The van der Waals surface area contributed by atoms with E-state index in [1.165, 1.54) is 0 Å². The molecule has 106 valence electrons. The Bertz CT molecular complexity index is 436. The minimum absolute atomic E-state index is 0.192. The highest BCUT2D eigenvalue weighted by atomic mass is 19.1. The minimum Gasteiger partial charge on any atom is -0.496 e. The second-order valence-electron chi connectivity index (χ2n) is 5.37. The third-order valence-electron chi connectivity index (χ3n) is 4.05. The summed E-state index contributed by atoms with van der Waals surface area (Å²) in [6.45, 7) is 3.21. The molecule has 3 nitrogen and oxygen atoms in total. The molecule has 0 bridgehead atoms. The summed E-state index contributed by atoms with van der Waals surface area (Å²) in [4.78, 5) is 2.25. The first-order chi connectivity index (χ1) is 9.08. The monoisotopic (exact) mass is 266 g/mol. The summed E-state index contributed by atoms with van der Waals surface area (Å²) in [5.74, 6) is 1.25. The van der Waals surface area contributed by atoms with Gasteiger partial charge in [0, 0.05) is 18.2 Å². The maximum Gasteiger partial charge on any atom is 0.124 e. The third-order valence-corrected chi connectivity index (χ3v) is 4.05. The van der Waals surface area contributed by atoms with Gasteiger partial charge in [0.15, 0.2) is 0 Å². The number of hydrogen-bond donors (Lipinski definition) is 1. The van der Waals surface area contributed by atoms with Gasteiger partial charge in [0.1, 0.15) is 11.9 Å². The molecule has 0 saturated carbocycles. The van der Waals surface area contributed by atoms with Crippen LogP contribution in [-0.4, -0.2) is 32.1 Å². The quantitative estimate of drug-likeness (QED) is 0.910. The number of ether oxygens (including phenoxy) is 1. The molecule has 1 aliphatic rings. The highest BCUT2D eigenvalue weighted by molar-refractivity contribution is 5.44. The van der Waals surface area contributed by atoms with Crippen molar-refractivity contribution >= 4 is 0 Å². The number of benzene rings is 1. The third kappa shape index (κ3) is 2.74. The van der Waals surface area contributed by atoms with Crippen LogP contribution in [0.3, 0.4) is 0 Å². The van der Waals surface area contributed by atoms with Crippen LogP contribution in [0.15, 0.2) is 18.2 Å². The molecule has 0 radical (unpaired) electrons. The van der Waals surface area contributed by atoms with E-state index in [1.807, 2.05) is 18.2 Å². The van der Waals surface area contributed by atoms with Crippen molar-refractivity contribution in [2.75, 3.05) is 27.2 Å². The topological polar surface area (TPSA) is 38.5 Å². The van der Waals surface area contributed by atoms with Crippen molar-refractivity contribution in [1.82, 2.24) is 4.90 Å². The Balaban J connectivity index is 2.42. The van der Waals surface area contributed by atoms with Crippen LogP contribution in [0.4, 0.5) is 4.39 Å². The van der Waals surface area contributed by atoms with Gasteiger partial charge in [-0.25, -0.2) is 4.39 Å². The van der Waals surface area contributed by atoms with Crippen molar-refractivity contribution < 1.29 is 9.13 Å². The minimum atomic E-state index is -0.990. The summed E-state index contributed by atoms with van der Waals surface area (Å²) in [5, 5.41) is 0. The number of alkyl halides is 1. The second-order valence-corrected chi connectivity index (χ2v) is 5.37. The Morgan fingerprint density at radius 1 is 1.53 bits per heavy atom. The van der Waals surface area contributed by atoms with Gasteiger partial charge in [0.2, 0.25) is 0 Å². The van der Waals surface area contributed by atoms with E-state index in [4.69, 9.17) is 10.5 Å². The number of halogens is 1. The Morgan fingerprint density at radius 3 is 2.79 bits per heavy atom. The van der Waals surface area contributed by atoms with Crippen molar-refractivity contribution in [3.8, 4) is 5.75 Å². The van der Waals surface area contributed by atoms with Crippen LogP contribution in [0.25, 0.3) is 0 Å². The normalized spacial score (nSPS) is 25.5. The number of rotatable bonds is 4. The smallest absolute Gasteiger partial charge is 0.124 e. The summed E-state index contributed by atoms with van der Waals surface area (Å²) in [6, 6.07) is 5.80. The lowest BCUT2D eigenvalue weighted by Gasteiger charge is -2.25. The molecule has 4 heteroatoms. The summed E-state index contributed by atoms with van der Waals surface area (Å²) >= 11 is 0. The fraction of sp³-hybridized carbons (Fsp3) is 0.600. The molecule has 19 heavy (non-hydrogen) atoms. The van der Waals surface area contributed by atoms with Crippen molar-refractivity contribution in [2.45, 2.75) is 25.6 Å². The molecule has 0 amide bonds. The van der Waals surface area contributed by atoms with E-state index in [0.29, 0.717) is 12.5 Å². The molecular formula is C15H23FN2O. The molecule has 3 unspecified atom stereocenters.